The van der Waals surface area contributed by atoms with Gasteiger partial charge in [0.1, 0.15) is 11.9 Å². The summed E-state index contributed by atoms with van der Waals surface area (Å²) in [4.78, 5) is 16.3. The second-order valence-electron chi connectivity index (χ2n) is 4.67. The first-order chi connectivity index (χ1) is 8.56. The molecule has 1 aromatic carbocycles. The molecule has 0 aliphatic rings. The largest absolute Gasteiger partial charge is 0.315 e. The van der Waals surface area contributed by atoms with Gasteiger partial charge < -0.3 is 4.57 Å². The van der Waals surface area contributed by atoms with Crippen LogP contribution in [-0.4, -0.2) is 15.5 Å². The van der Waals surface area contributed by atoms with Crippen LogP contribution in [0.3, 0.4) is 0 Å². The number of fused-ring (bicyclic) bond motifs is 1. The number of nitrogens with two attached hydrogens (primary N) is 1. The van der Waals surface area contributed by atoms with Crippen molar-refractivity contribution >= 4 is 16.9 Å². The van der Waals surface area contributed by atoms with Gasteiger partial charge in [-0.3, -0.25) is 10.2 Å². The summed E-state index contributed by atoms with van der Waals surface area (Å²) in [5, 5.41) is 0. The monoisotopic (exact) mass is 246 g/mol. The quantitative estimate of drug-likeness (QED) is 0.492. The van der Waals surface area contributed by atoms with E-state index in [1.807, 2.05) is 35.8 Å². The molecular weight excluding hydrogens is 228 g/mol. The van der Waals surface area contributed by atoms with E-state index in [0.29, 0.717) is 0 Å². The van der Waals surface area contributed by atoms with E-state index in [4.69, 9.17) is 5.84 Å². The molecule has 1 heterocycles. The van der Waals surface area contributed by atoms with E-state index in [-0.39, 0.29) is 17.9 Å². The fourth-order valence-corrected chi connectivity index (χ4v) is 2.12. The molecule has 0 radical (unpaired) electrons. The lowest BCUT2D eigenvalue weighted by molar-refractivity contribution is -0.123. The zero-order valence-corrected chi connectivity index (χ0v) is 10.8. The number of carbonyl (C=O) groups is 1. The summed E-state index contributed by atoms with van der Waals surface area (Å²) in [6.45, 7) is 5.94. The smallest absolute Gasteiger partial charge is 0.256 e. The fraction of sp³-hybridized carbons (Fsp3) is 0.385. The van der Waals surface area contributed by atoms with Crippen molar-refractivity contribution in [1.82, 2.24) is 15.0 Å². The SMILES string of the molecule is CC(C)c1nc2ccccc2n1C(C)C(=O)NN. The fourth-order valence-electron chi connectivity index (χ4n) is 2.12. The van der Waals surface area contributed by atoms with Crippen molar-refractivity contribution in [3.63, 3.8) is 0 Å². The zero-order valence-electron chi connectivity index (χ0n) is 10.8. The van der Waals surface area contributed by atoms with Gasteiger partial charge in [-0.25, -0.2) is 10.8 Å². The molecule has 2 aromatic rings. The zero-order chi connectivity index (χ0) is 13.3. The van der Waals surface area contributed by atoms with Crippen molar-refractivity contribution in [2.24, 2.45) is 5.84 Å². The standard InChI is InChI=1S/C13H18N4O/c1-8(2)12-15-10-6-4-5-7-11(10)17(12)9(3)13(18)16-14/h4-9H,14H2,1-3H3,(H,16,18). The van der Waals surface area contributed by atoms with Gasteiger partial charge in [-0.2, -0.15) is 0 Å². The minimum atomic E-state index is -0.375. The van der Waals surface area contributed by atoms with Gasteiger partial charge in [0.05, 0.1) is 11.0 Å². The third-order valence-electron chi connectivity index (χ3n) is 3.05. The number of benzene rings is 1. The Hall–Kier alpha value is -1.88. The second kappa shape index (κ2) is 4.78. The molecule has 0 bridgehead atoms. The number of amides is 1. The maximum atomic E-state index is 11.7. The lowest BCUT2D eigenvalue weighted by atomic mass is 10.2. The molecular formula is C13H18N4O. The number of nitrogens with one attached hydrogen (secondary N) is 1. The number of para-hydroxylation sites is 2. The molecule has 0 aliphatic carbocycles. The highest BCUT2D eigenvalue weighted by Gasteiger charge is 2.21. The first-order valence-electron chi connectivity index (χ1n) is 6.03. The number of nitrogens with zero attached hydrogens (tertiary/aromatic N) is 2. The second-order valence-corrected chi connectivity index (χ2v) is 4.67. The Morgan fingerprint density at radius 1 is 1.33 bits per heavy atom. The van der Waals surface area contributed by atoms with Crippen LogP contribution in [0.1, 0.15) is 38.6 Å². The molecule has 0 fully saturated rings. The number of aromatic nitrogens is 2. The van der Waals surface area contributed by atoms with E-state index in [2.05, 4.69) is 24.3 Å². The third-order valence-corrected chi connectivity index (χ3v) is 3.05. The van der Waals surface area contributed by atoms with E-state index >= 15 is 0 Å². The maximum absolute atomic E-state index is 11.7. The van der Waals surface area contributed by atoms with Crippen molar-refractivity contribution < 1.29 is 4.79 Å². The molecule has 96 valence electrons. The highest BCUT2D eigenvalue weighted by atomic mass is 16.2. The normalized spacial score (nSPS) is 12.9. The average molecular weight is 246 g/mol. The Morgan fingerprint density at radius 3 is 2.61 bits per heavy atom. The lowest BCUT2D eigenvalue weighted by Gasteiger charge is -2.17. The van der Waals surface area contributed by atoms with Crippen molar-refractivity contribution in [2.75, 3.05) is 0 Å². The van der Waals surface area contributed by atoms with Gasteiger partial charge in [0.2, 0.25) is 0 Å². The van der Waals surface area contributed by atoms with E-state index < -0.39 is 0 Å². The first-order valence-corrected chi connectivity index (χ1v) is 6.03. The highest BCUT2D eigenvalue weighted by molar-refractivity contribution is 5.83. The van der Waals surface area contributed by atoms with Crippen molar-refractivity contribution in [2.45, 2.75) is 32.7 Å². The van der Waals surface area contributed by atoms with Crippen molar-refractivity contribution in [1.29, 1.82) is 0 Å². The van der Waals surface area contributed by atoms with Gasteiger partial charge in [-0.15, -0.1) is 0 Å². The number of imidazole rings is 1. The van der Waals surface area contributed by atoms with Gasteiger partial charge in [0.15, 0.2) is 0 Å². The highest BCUT2D eigenvalue weighted by Crippen LogP contribution is 2.25. The van der Waals surface area contributed by atoms with Gasteiger partial charge in [-0.1, -0.05) is 26.0 Å². The molecule has 1 atom stereocenters. The Bertz CT molecular complexity index is 573. The van der Waals surface area contributed by atoms with Gasteiger partial charge >= 0.3 is 0 Å². The summed E-state index contributed by atoms with van der Waals surface area (Å²) in [7, 11) is 0. The summed E-state index contributed by atoms with van der Waals surface area (Å²) < 4.78 is 1.95. The third kappa shape index (κ3) is 1.97. The van der Waals surface area contributed by atoms with Crippen LogP contribution in [-0.2, 0) is 4.79 Å². The number of rotatable bonds is 3. The molecule has 1 unspecified atom stereocenters. The minimum absolute atomic E-state index is 0.222. The van der Waals surface area contributed by atoms with E-state index in [9.17, 15) is 4.79 Å². The Labute approximate surface area is 106 Å². The maximum Gasteiger partial charge on any atom is 0.256 e. The molecule has 1 aromatic heterocycles. The number of hydrazine groups is 1. The van der Waals surface area contributed by atoms with E-state index in [1.54, 1.807) is 0 Å². The van der Waals surface area contributed by atoms with Crippen LogP contribution in [0.15, 0.2) is 24.3 Å². The predicted molar refractivity (Wildman–Crippen MR) is 70.9 cm³/mol. The summed E-state index contributed by atoms with van der Waals surface area (Å²) >= 11 is 0. The van der Waals surface area contributed by atoms with Crippen molar-refractivity contribution in [3.8, 4) is 0 Å². The number of carbonyl (C=O) groups excluding carboxylic acids is 1. The summed E-state index contributed by atoms with van der Waals surface area (Å²) in [6, 6.07) is 7.42. The molecule has 0 saturated heterocycles. The predicted octanol–water partition coefficient (Wildman–Crippen LogP) is 1.71. The van der Waals surface area contributed by atoms with Crippen LogP contribution in [0.25, 0.3) is 11.0 Å². The molecule has 5 heteroatoms. The molecule has 0 saturated carbocycles. The van der Waals surface area contributed by atoms with E-state index in [1.165, 1.54) is 0 Å². The Morgan fingerprint density at radius 2 is 2.00 bits per heavy atom. The van der Waals surface area contributed by atoms with Crippen molar-refractivity contribution in [3.05, 3.63) is 30.1 Å². The topological polar surface area (TPSA) is 72.9 Å². The Kier molecular flexibility index (Phi) is 3.34. The van der Waals surface area contributed by atoms with Crippen LogP contribution in [0.4, 0.5) is 0 Å². The average Bonchev–Trinajstić information content (AvgIpc) is 2.76. The summed E-state index contributed by atoms with van der Waals surface area (Å²) in [5.41, 5.74) is 4.05. The van der Waals surface area contributed by atoms with Crippen LogP contribution < -0.4 is 11.3 Å². The van der Waals surface area contributed by atoms with Gasteiger partial charge in [0.25, 0.3) is 5.91 Å². The molecule has 2 rings (SSSR count). The van der Waals surface area contributed by atoms with Gasteiger partial charge in [-0.05, 0) is 19.1 Å². The molecule has 18 heavy (non-hydrogen) atoms. The van der Waals surface area contributed by atoms with Gasteiger partial charge in [0, 0.05) is 5.92 Å². The molecule has 1 amide bonds. The molecule has 3 N–H and O–H groups in total. The molecule has 5 nitrogen and oxygen atoms in total. The van der Waals surface area contributed by atoms with Crippen LogP contribution >= 0.6 is 0 Å². The van der Waals surface area contributed by atoms with Crippen LogP contribution in [0.5, 0.6) is 0 Å². The number of hydrogen-bond acceptors (Lipinski definition) is 3. The van der Waals surface area contributed by atoms with Crippen LogP contribution in [0.2, 0.25) is 0 Å². The lowest BCUT2D eigenvalue weighted by Crippen LogP contribution is -2.36. The molecule has 0 aliphatic heterocycles. The minimum Gasteiger partial charge on any atom is -0.315 e. The Balaban J connectivity index is 2.65. The molecule has 0 spiro atoms. The van der Waals surface area contributed by atoms with E-state index in [0.717, 1.165) is 16.9 Å². The summed E-state index contributed by atoms with van der Waals surface area (Å²) in [5.74, 6) is 6.13. The van der Waals surface area contributed by atoms with Crippen LogP contribution in [0, 0.1) is 0 Å². The number of hydrogen-bond donors (Lipinski definition) is 2. The first kappa shape index (κ1) is 12.6. The summed E-state index contributed by atoms with van der Waals surface area (Å²) in [6.07, 6.45) is 0.